The largest absolute Gasteiger partial charge is 0.351 e. The van der Waals surface area contributed by atoms with Crippen molar-refractivity contribution in [2.75, 3.05) is 11.5 Å². The molecule has 3 aliphatic rings. The summed E-state index contributed by atoms with van der Waals surface area (Å²) >= 11 is 0. The maximum atomic E-state index is 15.3. The predicted octanol–water partition coefficient (Wildman–Crippen LogP) is 9.73. The third-order valence-corrected chi connectivity index (χ3v) is 46.6. The van der Waals surface area contributed by atoms with Crippen molar-refractivity contribution >= 4 is 55.7 Å². The second-order valence-electron chi connectivity index (χ2n) is 18.9. The maximum Gasteiger partial charge on any atom is 0.351 e. The van der Waals surface area contributed by atoms with Crippen LogP contribution in [-0.4, -0.2) is 78.3 Å². The van der Waals surface area contributed by atoms with Gasteiger partial charge in [-0.25, -0.2) is 19.5 Å². The minimum atomic E-state index is -2.76. The Morgan fingerprint density at radius 2 is 1.20 bits per heavy atom. The van der Waals surface area contributed by atoms with E-state index >= 15 is 4.79 Å². The first-order valence-corrected chi connectivity index (χ1v) is 31.0. The molecule has 2 aromatic rings. The number of Topliss-reactive ketones (excluding diaryl/α,β-unsaturated/α-hetero) is 1. The number of aromatic nitrogens is 2. The molecule has 12 nitrogen and oxygen atoms in total. The zero-order valence-corrected chi connectivity index (χ0v) is 42.6. The summed E-state index contributed by atoms with van der Waals surface area (Å²) in [5.41, 5.74) is 1.81. The van der Waals surface area contributed by atoms with E-state index in [0.29, 0.717) is 22.2 Å². The molecule has 2 radical (unpaired) electrons. The highest BCUT2D eigenvalue weighted by Crippen LogP contribution is 2.47. The van der Waals surface area contributed by atoms with Crippen LogP contribution in [0.15, 0.2) is 41.3 Å². The third kappa shape index (κ3) is 9.36. The Hall–Kier alpha value is -2.42. The lowest BCUT2D eigenvalue weighted by molar-refractivity contribution is -0.291. The first-order valence-electron chi connectivity index (χ1n) is 21.6. The molecule has 0 spiro atoms. The smallest absolute Gasteiger partial charge is 0.348 e. The summed E-state index contributed by atoms with van der Waals surface area (Å²) in [7, 11) is -7.56. The molecular weight excluding hydrogens is 815 g/mol. The van der Waals surface area contributed by atoms with Gasteiger partial charge in [-0.05, 0) is 34.3 Å². The molecule has 1 aromatic heterocycles. The fraction of sp³-hybridized carbons (Fsp3) is 0.698. The van der Waals surface area contributed by atoms with Gasteiger partial charge >= 0.3 is 5.69 Å². The summed E-state index contributed by atoms with van der Waals surface area (Å²) in [6.45, 7) is 37.2. The number of hydrogen-bond acceptors (Lipinski definition) is 10. The van der Waals surface area contributed by atoms with Gasteiger partial charge in [0.2, 0.25) is 21.6 Å². The van der Waals surface area contributed by atoms with E-state index in [1.54, 1.807) is 18.2 Å². The third-order valence-electron chi connectivity index (χ3n) is 12.5. The molecule has 5 rings (SSSR count). The highest BCUT2D eigenvalue weighted by Gasteiger charge is 2.59. The van der Waals surface area contributed by atoms with Crippen molar-refractivity contribution < 1.29 is 38.0 Å². The molecule has 0 aliphatic carbocycles. The van der Waals surface area contributed by atoms with E-state index in [0.717, 1.165) is 4.90 Å². The molecule has 16 heteroatoms. The van der Waals surface area contributed by atoms with E-state index in [9.17, 15) is 14.4 Å². The predicted molar refractivity (Wildman–Crippen MR) is 241 cm³/mol. The highest BCUT2D eigenvalue weighted by atomic mass is 29.2. The molecule has 2 bridgehead atoms. The van der Waals surface area contributed by atoms with Crippen molar-refractivity contribution in [2.45, 2.75) is 180 Å². The highest BCUT2D eigenvalue weighted by molar-refractivity contribution is 7.32. The van der Waals surface area contributed by atoms with Gasteiger partial charge in [-0.2, -0.15) is 4.98 Å². The molecule has 2 amide bonds. The van der Waals surface area contributed by atoms with E-state index < -0.39 is 79.9 Å². The van der Waals surface area contributed by atoms with E-state index in [2.05, 4.69) is 116 Å². The normalized spacial score (nSPS) is 20.6. The first-order chi connectivity index (χ1) is 27.5. The SMILES string of the molecule is CC(=O)N1C(=O)c2ccccc2C(=O)[C@@H]2[C@H](OO[Si](C(C)C)(C(C)C)[Si](C(C)C)C(C)C)[C@@H](COO[Si](C(C)C)(C(C)C)[Si](C(C)C)C(C)C)O[C@H]2n2ccc1nc2=O. The van der Waals surface area contributed by atoms with Crippen LogP contribution in [0.5, 0.6) is 0 Å². The van der Waals surface area contributed by atoms with Crippen LogP contribution in [0.4, 0.5) is 5.82 Å². The van der Waals surface area contributed by atoms with Crippen LogP contribution in [0.1, 0.15) is 145 Å². The second-order valence-corrected chi connectivity index (χ2v) is 41.6. The Kier molecular flexibility index (Phi) is 16.5. The van der Waals surface area contributed by atoms with Crippen molar-refractivity contribution in [3.63, 3.8) is 0 Å². The number of carbonyl (C=O) groups excluding carboxylic acids is 3. The number of ketones is 1. The molecule has 0 saturated carbocycles. The number of benzene rings is 1. The van der Waals surface area contributed by atoms with E-state index in [-0.39, 0.29) is 45.7 Å². The summed E-state index contributed by atoms with van der Waals surface area (Å²) in [6, 6.07) is 7.79. The molecule has 1 saturated heterocycles. The number of imide groups is 1. The molecule has 328 valence electrons. The summed E-state index contributed by atoms with van der Waals surface area (Å²) in [4.78, 5) is 74.7. The fourth-order valence-corrected chi connectivity index (χ4v) is 43.3. The maximum absolute atomic E-state index is 15.3. The summed E-state index contributed by atoms with van der Waals surface area (Å²) in [6.07, 6.45) is -1.82. The molecule has 0 N–H and O–H groups in total. The average molecular weight is 886 g/mol. The summed E-state index contributed by atoms with van der Waals surface area (Å²) < 4.78 is 22.0. The number of anilines is 1. The Bertz CT molecular complexity index is 1820. The van der Waals surface area contributed by atoms with E-state index in [4.69, 9.17) is 23.7 Å². The summed E-state index contributed by atoms with van der Waals surface area (Å²) in [5, 5.41) is 0. The fourth-order valence-electron chi connectivity index (χ4n) is 10.4. The number of amides is 2. The Morgan fingerprint density at radius 3 is 1.64 bits per heavy atom. The number of fused-ring (bicyclic) bond motifs is 3. The number of rotatable bonds is 17. The Morgan fingerprint density at radius 1 is 0.729 bits per heavy atom. The number of ether oxygens (including phenoxy) is 1. The van der Waals surface area contributed by atoms with Crippen LogP contribution < -0.4 is 10.6 Å². The van der Waals surface area contributed by atoms with Crippen LogP contribution in [0.2, 0.25) is 44.3 Å². The molecule has 4 atom stereocenters. The molecule has 1 aromatic carbocycles. The van der Waals surface area contributed by atoms with Crippen LogP contribution in [-0.2, 0) is 28.5 Å². The lowest BCUT2D eigenvalue weighted by Crippen LogP contribution is -2.62. The van der Waals surface area contributed by atoms with Crippen molar-refractivity contribution in [1.82, 2.24) is 9.55 Å². The summed E-state index contributed by atoms with van der Waals surface area (Å²) in [5.74, 6) is -3.24. The minimum absolute atomic E-state index is 0.00190. The molecule has 4 heterocycles. The van der Waals surface area contributed by atoms with Gasteiger partial charge in [0, 0.05) is 18.7 Å². The van der Waals surface area contributed by atoms with Crippen LogP contribution in [0.25, 0.3) is 0 Å². The zero-order valence-electron chi connectivity index (χ0n) is 38.6. The zero-order chi connectivity index (χ0) is 44.5. The molecular formula is C43H71N3O9Si4. The van der Waals surface area contributed by atoms with Crippen molar-refractivity contribution in [3.05, 3.63) is 58.1 Å². The minimum Gasteiger partial charge on any atom is -0.348 e. The monoisotopic (exact) mass is 885 g/mol. The van der Waals surface area contributed by atoms with Crippen LogP contribution in [0.3, 0.4) is 0 Å². The lowest BCUT2D eigenvalue weighted by Gasteiger charge is -2.46. The molecule has 0 unspecified atom stereocenters. The van der Waals surface area contributed by atoms with E-state index in [1.165, 1.54) is 29.8 Å². The Labute approximate surface area is 358 Å². The Balaban J connectivity index is 1.95. The lowest BCUT2D eigenvalue weighted by atomic mass is 9.88. The van der Waals surface area contributed by atoms with Gasteiger partial charge in [0.15, 0.2) is 12.0 Å². The van der Waals surface area contributed by atoms with Crippen LogP contribution >= 0.6 is 0 Å². The van der Waals surface area contributed by atoms with Gasteiger partial charge in [-0.3, -0.25) is 28.1 Å². The topological polar surface area (TPSA) is 135 Å². The van der Waals surface area contributed by atoms with Gasteiger partial charge < -0.3 is 4.74 Å². The van der Waals surface area contributed by atoms with Crippen molar-refractivity contribution in [2.24, 2.45) is 5.92 Å². The average Bonchev–Trinajstić information content (AvgIpc) is 3.47. The van der Waals surface area contributed by atoms with E-state index in [1.807, 2.05) is 0 Å². The molecule has 1 fully saturated rings. The number of hydrogen-bond donors (Lipinski definition) is 0. The van der Waals surface area contributed by atoms with Gasteiger partial charge in [-0.15, -0.1) is 0 Å². The standard InChI is InChI=1S/C43H71N3O9Si4/c1-25(2)56(26(3)4)58(29(9)10,30(11)12)54-51-24-36-40(53-55-59(31(13)14,32(15)16)57(27(5)6)28(7)8)38-39(48)34-20-18-19-21-35(34)41(49)46(33(17)47)37-22-23-45(42(38)52-36)43(50)44-37/h18-23,25-32,36,38,40,42H,24H2,1-17H3/t36-,38-,40-,42-/m1/s1. The van der Waals surface area contributed by atoms with Gasteiger partial charge in [0.1, 0.15) is 24.6 Å². The van der Waals surface area contributed by atoms with Gasteiger partial charge in [0.05, 0.1) is 28.1 Å². The number of carbonyl (C=O) groups is 3. The van der Waals surface area contributed by atoms with Crippen LogP contribution in [0, 0.1) is 5.92 Å². The first kappa shape index (κ1) is 49.2. The van der Waals surface area contributed by atoms with Crippen molar-refractivity contribution in [1.29, 1.82) is 0 Å². The number of nitrogens with zero attached hydrogens (tertiary/aromatic N) is 3. The quantitative estimate of drug-likeness (QED) is 0.0859. The second kappa shape index (κ2) is 19.7. The molecule has 59 heavy (non-hydrogen) atoms. The van der Waals surface area contributed by atoms with Crippen molar-refractivity contribution in [3.8, 4) is 0 Å². The van der Waals surface area contributed by atoms with Gasteiger partial charge in [-0.1, -0.05) is 151 Å². The van der Waals surface area contributed by atoms with Gasteiger partial charge in [0.25, 0.3) is 5.91 Å². The molecule has 3 aliphatic heterocycles.